The minimum absolute atomic E-state index is 0.0397. The fourth-order valence-electron chi connectivity index (χ4n) is 1.96. The van der Waals surface area contributed by atoms with E-state index in [1.54, 1.807) is 12.1 Å². The number of para-hydroxylation sites is 1. The third-order valence-electron chi connectivity index (χ3n) is 3.26. The van der Waals surface area contributed by atoms with Gasteiger partial charge in [-0.15, -0.1) is 0 Å². The number of rotatable bonds is 6. The van der Waals surface area contributed by atoms with Crippen LogP contribution < -0.4 is 4.74 Å². The minimum atomic E-state index is -0.652. The average Bonchev–Trinajstić information content (AvgIpc) is 2.56. The zero-order valence-corrected chi connectivity index (χ0v) is 13.5. The van der Waals surface area contributed by atoms with Crippen molar-refractivity contribution in [2.75, 3.05) is 20.2 Å². The summed E-state index contributed by atoms with van der Waals surface area (Å²) in [5, 5.41) is 10.8. The Kier molecular flexibility index (Phi) is 5.70. The Morgan fingerprint density at radius 3 is 2.71 bits per heavy atom. The van der Waals surface area contributed by atoms with Crippen LogP contribution in [0, 0.1) is 15.9 Å². The van der Waals surface area contributed by atoms with Crippen LogP contribution >= 0.6 is 11.6 Å². The molecule has 0 aliphatic carbocycles. The predicted octanol–water partition coefficient (Wildman–Crippen LogP) is 3.54. The van der Waals surface area contributed by atoms with E-state index in [1.807, 2.05) is 0 Å². The fraction of sp³-hybridized carbons (Fsp3) is 0.188. The third kappa shape index (κ3) is 4.20. The number of carbonyl (C=O) groups excluding carboxylic acids is 1. The molecular weight excluding hydrogens is 339 g/mol. The van der Waals surface area contributed by atoms with Gasteiger partial charge in [0, 0.05) is 18.7 Å². The predicted molar refractivity (Wildman–Crippen MR) is 87.0 cm³/mol. The number of halogens is 2. The van der Waals surface area contributed by atoms with Gasteiger partial charge in [-0.3, -0.25) is 14.9 Å². The molecule has 6 nitrogen and oxygen atoms in total. The third-order valence-corrected chi connectivity index (χ3v) is 3.58. The molecule has 126 valence electrons. The first kappa shape index (κ1) is 17.7. The van der Waals surface area contributed by atoms with Gasteiger partial charge in [-0.2, -0.15) is 0 Å². The van der Waals surface area contributed by atoms with Gasteiger partial charge in [0.15, 0.2) is 11.6 Å². The van der Waals surface area contributed by atoms with E-state index in [1.165, 1.54) is 36.2 Å². The van der Waals surface area contributed by atoms with Crippen molar-refractivity contribution in [1.82, 2.24) is 4.90 Å². The Hall–Kier alpha value is -2.67. The number of benzene rings is 2. The van der Waals surface area contributed by atoms with E-state index in [9.17, 15) is 19.3 Å². The van der Waals surface area contributed by atoms with E-state index in [4.69, 9.17) is 16.3 Å². The molecule has 0 atom stereocenters. The Balaban J connectivity index is 1.98. The summed E-state index contributed by atoms with van der Waals surface area (Å²) in [6, 6.07) is 9.78. The summed E-state index contributed by atoms with van der Waals surface area (Å²) in [5.41, 5.74) is -0.196. The number of amides is 1. The molecule has 0 saturated carbocycles. The molecule has 2 aromatic carbocycles. The van der Waals surface area contributed by atoms with E-state index in [0.717, 1.165) is 6.07 Å². The smallest absolute Gasteiger partial charge is 0.288 e. The molecular formula is C16H14ClFN2O4. The maximum absolute atomic E-state index is 13.4. The summed E-state index contributed by atoms with van der Waals surface area (Å²) in [7, 11) is 1.52. The second kappa shape index (κ2) is 7.74. The molecule has 0 radical (unpaired) electrons. The second-order valence-electron chi connectivity index (χ2n) is 4.93. The average molecular weight is 353 g/mol. The lowest BCUT2D eigenvalue weighted by Gasteiger charge is -2.17. The summed E-state index contributed by atoms with van der Waals surface area (Å²) in [6.07, 6.45) is 0. The van der Waals surface area contributed by atoms with Gasteiger partial charge in [0.25, 0.3) is 11.6 Å². The number of carbonyl (C=O) groups is 1. The van der Waals surface area contributed by atoms with Gasteiger partial charge in [-0.25, -0.2) is 4.39 Å². The SMILES string of the molecule is CN(CCOc1ccccc1F)C(=O)c1ccc(Cl)c([N+](=O)[O-])c1. The molecule has 0 unspecified atom stereocenters. The first-order valence-corrected chi connectivity index (χ1v) is 7.34. The Morgan fingerprint density at radius 1 is 1.33 bits per heavy atom. The molecule has 2 rings (SSSR count). The van der Waals surface area contributed by atoms with Crippen LogP contribution in [0.1, 0.15) is 10.4 Å². The van der Waals surface area contributed by atoms with Crippen LogP contribution in [0.15, 0.2) is 42.5 Å². The van der Waals surface area contributed by atoms with Gasteiger partial charge < -0.3 is 9.64 Å². The number of nitrogens with zero attached hydrogens (tertiary/aromatic N) is 2. The van der Waals surface area contributed by atoms with Gasteiger partial charge in [-0.1, -0.05) is 23.7 Å². The molecule has 0 N–H and O–H groups in total. The molecule has 0 bridgehead atoms. The molecule has 0 spiro atoms. The van der Waals surface area contributed by atoms with Crippen molar-refractivity contribution in [1.29, 1.82) is 0 Å². The molecule has 24 heavy (non-hydrogen) atoms. The lowest BCUT2D eigenvalue weighted by Crippen LogP contribution is -2.31. The van der Waals surface area contributed by atoms with Crippen LogP contribution in [0.5, 0.6) is 5.75 Å². The van der Waals surface area contributed by atoms with Crippen LogP contribution in [0.3, 0.4) is 0 Å². The fourth-order valence-corrected chi connectivity index (χ4v) is 2.15. The summed E-state index contributed by atoms with van der Waals surface area (Å²) in [6.45, 7) is 0.266. The van der Waals surface area contributed by atoms with Crippen molar-refractivity contribution in [2.45, 2.75) is 0 Å². The van der Waals surface area contributed by atoms with Crippen LogP contribution in [0.4, 0.5) is 10.1 Å². The number of nitro benzene ring substituents is 1. The highest BCUT2D eigenvalue weighted by Gasteiger charge is 2.18. The molecule has 0 aliphatic heterocycles. The summed E-state index contributed by atoms with van der Waals surface area (Å²) in [4.78, 5) is 23.8. The lowest BCUT2D eigenvalue weighted by atomic mass is 10.2. The molecule has 2 aromatic rings. The molecule has 0 fully saturated rings. The minimum Gasteiger partial charge on any atom is -0.489 e. The maximum atomic E-state index is 13.4. The van der Waals surface area contributed by atoms with Crippen LogP contribution in [0.2, 0.25) is 5.02 Å². The molecule has 0 aliphatic rings. The van der Waals surface area contributed by atoms with Crippen molar-refractivity contribution < 1.29 is 18.8 Å². The Bertz CT molecular complexity index is 769. The van der Waals surface area contributed by atoms with Gasteiger partial charge in [0.05, 0.1) is 11.5 Å². The van der Waals surface area contributed by atoms with E-state index in [2.05, 4.69) is 0 Å². The summed E-state index contributed by atoms with van der Waals surface area (Å²) >= 11 is 5.72. The van der Waals surface area contributed by atoms with Crippen LogP contribution in [0.25, 0.3) is 0 Å². The number of nitro groups is 1. The largest absolute Gasteiger partial charge is 0.489 e. The topological polar surface area (TPSA) is 72.7 Å². The van der Waals surface area contributed by atoms with Gasteiger partial charge in [0.2, 0.25) is 0 Å². The van der Waals surface area contributed by atoms with E-state index in [-0.39, 0.29) is 35.2 Å². The Labute approximate surface area is 142 Å². The number of ether oxygens (including phenoxy) is 1. The first-order chi connectivity index (χ1) is 11.4. The zero-order valence-electron chi connectivity index (χ0n) is 12.7. The normalized spacial score (nSPS) is 10.3. The van der Waals surface area contributed by atoms with Gasteiger partial charge >= 0.3 is 0 Å². The number of hydrogen-bond donors (Lipinski definition) is 0. The van der Waals surface area contributed by atoms with Crippen molar-refractivity contribution in [3.63, 3.8) is 0 Å². The molecule has 0 heterocycles. The first-order valence-electron chi connectivity index (χ1n) is 6.97. The second-order valence-corrected chi connectivity index (χ2v) is 5.34. The van der Waals surface area contributed by atoms with Crippen LogP contribution in [-0.2, 0) is 0 Å². The molecule has 8 heteroatoms. The van der Waals surface area contributed by atoms with E-state index < -0.39 is 16.6 Å². The van der Waals surface area contributed by atoms with E-state index in [0.29, 0.717) is 0 Å². The molecule has 1 amide bonds. The monoisotopic (exact) mass is 352 g/mol. The summed E-state index contributed by atoms with van der Waals surface area (Å²) in [5.74, 6) is -0.813. The van der Waals surface area contributed by atoms with Crippen molar-refractivity contribution in [3.05, 3.63) is 69.0 Å². The van der Waals surface area contributed by atoms with Crippen molar-refractivity contribution >= 4 is 23.2 Å². The highest BCUT2D eigenvalue weighted by molar-refractivity contribution is 6.32. The quantitative estimate of drug-likeness (QED) is 0.588. The van der Waals surface area contributed by atoms with Gasteiger partial charge in [-0.05, 0) is 24.3 Å². The zero-order chi connectivity index (χ0) is 17.7. The van der Waals surface area contributed by atoms with Gasteiger partial charge in [0.1, 0.15) is 11.6 Å². The standard InChI is InChI=1S/C16H14ClFN2O4/c1-19(8-9-24-15-5-3-2-4-13(15)18)16(21)11-6-7-12(17)14(10-11)20(22)23/h2-7,10H,8-9H2,1H3. The molecule has 0 aromatic heterocycles. The lowest BCUT2D eigenvalue weighted by molar-refractivity contribution is -0.384. The Morgan fingerprint density at radius 2 is 2.04 bits per heavy atom. The number of likely N-dealkylation sites (N-methyl/N-ethyl adjacent to an activating group) is 1. The number of hydrogen-bond acceptors (Lipinski definition) is 4. The van der Waals surface area contributed by atoms with E-state index >= 15 is 0 Å². The maximum Gasteiger partial charge on any atom is 0.288 e. The summed E-state index contributed by atoms with van der Waals surface area (Å²) < 4.78 is 18.7. The van der Waals surface area contributed by atoms with Crippen molar-refractivity contribution in [3.8, 4) is 5.75 Å². The van der Waals surface area contributed by atoms with Crippen molar-refractivity contribution in [2.24, 2.45) is 0 Å². The highest BCUT2D eigenvalue weighted by Crippen LogP contribution is 2.25. The molecule has 0 saturated heterocycles. The highest BCUT2D eigenvalue weighted by atomic mass is 35.5. The van der Waals surface area contributed by atoms with Crippen LogP contribution in [-0.4, -0.2) is 35.9 Å².